The van der Waals surface area contributed by atoms with Gasteiger partial charge in [0.2, 0.25) is 0 Å². The summed E-state index contributed by atoms with van der Waals surface area (Å²) < 4.78 is 5.48. The predicted molar refractivity (Wildman–Crippen MR) is 52.7 cm³/mol. The van der Waals surface area contributed by atoms with Crippen LogP contribution in [0.5, 0.6) is 0 Å². The van der Waals surface area contributed by atoms with Gasteiger partial charge < -0.3 is 10.5 Å². The summed E-state index contributed by atoms with van der Waals surface area (Å²) in [5.41, 5.74) is 4.76. The van der Waals surface area contributed by atoms with Crippen LogP contribution in [0.15, 0.2) is 4.99 Å². The number of hydrogen-bond acceptors (Lipinski definition) is 3. The van der Waals surface area contributed by atoms with E-state index in [1.807, 2.05) is 6.92 Å². The maximum atomic E-state index is 11.7. The van der Waals surface area contributed by atoms with Crippen molar-refractivity contribution >= 4 is 11.9 Å². The van der Waals surface area contributed by atoms with Crippen LogP contribution in [0.2, 0.25) is 0 Å². The topological polar surface area (TPSA) is 64.7 Å². The minimum absolute atomic E-state index is 0.0513. The van der Waals surface area contributed by atoms with E-state index in [4.69, 9.17) is 10.5 Å². The predicted octanol–water partition coefficient (Wildman–Crippen LogP) is 1.20. The molecule has 4 heteroatoms. The minimum atomic E-state index is -0.697. The lowest BCUT2D eigenvalue weighted by Crippen LogP contribution is -2.48. The fourth-order valence-corrected chi connectivity index (χ4v) is 2.31. The molecular weight excluding hydrogens is 180 g/mol. The third kappa shape index (κ3) is 1.21. The molecule has 0 radical (unpaired) electrons. The van der Waals surface area contributed by atoms with Gasteiger partial charge in [0.15, 0.2) is 5.60 Å². The maximum absolute atomic E-state index is 11.7. The number of nitrogens with zero attached hydrogens (tertiary/aromatic N) is 1. The van der Waals surface area contributed by atoms with Crippen molar-refractivity contribution in [1.82, 2.24) is 0 Å². The zero-order valence-corrected chi connectivity index (χ0v) is 8.45. The molecule has 2 N–H and O–H groups in total. The first-order chi connectivity index (χ1) is 6.69. The molecule has 14 heavy (non-hydrogen) atoms. The van der Waals surface area contributed by atoms with Gasteiger partial charge in [0.05, 0.1) is 0 Å². The van der Waals surface area contributed by atoms with Gasteiger partial charge in [0, 0.05) is 5.92 Å². The number of amides is 1. The standard InChI is InChI=1S/C10H16N2O2/c1-2-6-10(7-4-3-5-7)8(13)12-9(11)14-10/h7H,2-6H2,1H3,(H2,11,12,13). The molecule has 1 unspecified atom stereocenters. The summed E-state index contributed by atoms with van der Waals surface area (Å²) in [6.45, 7) is 2.05. The molecule has 0 saturated heterocycles. The van der Waals surface area contributed by atoms with Crippen LogP contribution in [-0.4, -0.2) is 17.5 Å². The summed E-state index contributed by atoms with van der Waals surface area (Å²) in [6.07, 6.45) is 4.97. The zero-order chi connectivity index (χ0) is 10.2. The molecule has 1 aliphatic carbocycles. The van der Waals surface area contributed by atoms with E-state index >= 15 is 0 Å². The first-order valence-electron chi connectivity index (χ1n) is 5.26. The molecule has 2 aliphatic rings. The number of rotatable bonds is 3. The summed E-state index contributed by atoms with van der Waals surface area (Å²) >= 11 is 0. The van der Waals surface area contributed by atoms with Gasteiger partial charge in [-0.2, -0.15) is 4.99 Å². The second-order valence-electron chi connectivity index (χ2n) is 4.12. The number of hydrogen-bond donors (Lipinski definition) is 1. The molecule has 0 aromatic carbocycles. The normalized spacial score (nSPS) is 32.4. The summed E-state index contributed by atoms with van der Waals surface area (Å²) in [5, 5.41) is 0. The Kier molecular flexibility index (Phi) is 2.21. The van der Waals surface area contributed by atoms with E-state index in [0.29, 0.717) is 5.92 Å². The van der Waals surface area contributed by atoms with Crippen molar-refractivity contribution in [2.75, 3.05) is 0 Å². The molecule has 1 heterocycles. The fraction of sp³-hybridized carbons (Fsp3) is 0.800. The number of nitrogens with two attached hydrogens (primary N) is 1. The molecule has 0 aromatic rings. The number of aliphatic imine (C=N–C) groups is 1. The Balaban J connectivity index is 2.19. The minimum Gasteiger partial charge on any atom is -0.448 e. The van der Waals surface area contributed by atoms with Crippen molar-refractivity contribution in [3.63, 3.8) is 0 Å². The highest BCUT2D eigenvalue weighted by atomic mass is 16.5. The van der Waals surface area contributed by atoms with Gasteiger partial charge in [-0.25, -0.2) is 0 Å². The molecule has 1 atom stereocenters. The van der Waals surface area contributed by atoms with Crippen molar-refractivity contribution in [2.45, 2.75) is 44.6 Å². The maximum Gasteiger partial charge on any atom is 0.294 e. The first kappa shape index (κ1) is 9.49. The van der Waals surface area contributed by atoms with Gasteiger partial charge in [0.1, 0.15) is 0 Å². The van der Waals surface area contributed by atoms with Crippen LogP contribution in [0.1, 0.15) is 39.0 Å². The van der Waals surface area contributed by atoms with Crippen molar-refractivity contribution in [1.29, 1.82) is 0 Å². The van der Waals surface area contributed by atoms with Crippen LogP contribution < -0.4 is 5.73 Å². The SMILES string of the molecule is CCCC1(C2CCC2)OC(N)=NC1=O. The van der Waals surface area contributed by atoms with E-state index in [-0.39, 0.29) is 11.9 Å². The third-order valence-electron chi connectivity index (χ3n) is 3.25. The molecule has 0 spiro atoms. The average Bonchev–Trinajstić information content (AvgIpc) is 2.24. The summed E-state index contributed by atoms with van der Waals surface area (Å²) in [6, 6.07) is 0.0513. The van der Waals surface area contributed by atoms with Crippen LogP contribution in [0.25, 0.3) is 0 Å². The van der Waals surface area contributed by atoms with Crippen molar-refractivity contribution in [3.05, 3.63) is 0 Å². The Morgan fingerprint density at radius 1 is 1.64 bits per heavy atom. The molecule has 0 bridgehead atoms. The first-order valence-corrected chi connectivity index (χ1v) is 5.26. The molecule has 1 aliphatic heterocycles. The van der Waals surface area contributed by atoms with E-state index in [1.165, 1.54) is 6.42 Å². The van der Waals surface area contributed by atoms with Crippen LogP contribution in [-0.2, 0) is 9.53 Å². The lowest BCUT2D eigenvalue weighted by molar-refractivity contribution is -0.140. The lowest BCUT2D eigenvalue weighted by Gasteiger charge is -2.39. The van der Waals surface area contributed by atoms with E-state index in [2.05, 4.69) is 4.99 Å². The highest BCUT2D eigenvalue weighted by Crippen LogP contribution is 2.43. The molecular formula is C10H16N2O2. The molecule has 1 fully saturated rings. The van der Waals surface area contributed by atoms with Gasteiger partial charge in [-0.1, -0.05) is 19.8 Å². The van der Waals surface area contributed by atoms with Gasteiger partial charge in [-0.15, -0.1) is 0 Å². The van der Waals surface area contributed by atoms with Gasteiger partial charge in [-0.3, -0.25) is 4.79 Å². The van der Waals surface area contributed by atoms with E-state index < -0.39 is 5.60 Å². The van der Waals surface area contributed by atoms with Crippen LogP contribution >= 0.6 is 0 Å². The zero-order valence-electron chi connectivity index (χ0n) is 8.45. The quantitative estimate of drug-likeness (QED) is 0.737. The summed E-state index contributed by atoms with van der Waals surface area (Å²) in [5.74, 6) is 0.168. The highest BCUT2D eigenvalue weighted by Gasteiger charge is 2.53. The smallest absolute Gasteiger partial charge is 0.294 e. The van der Waals surface area contributed by atoms with Crippen LogP contribution in [0, 0.1) is 5.92 Å². The molecule has 1 amide bonds. The second-order valence-corrected chi connectivity index (χ2v) is 4.12. The molecule has 78 valence electrons. The lowest BCUT2D eigenvalue weighted by atomic mass is 9.70. The van der Waals surface area contributed by atoms with E-state index in [9.17, 15) is 4.79 Å². The fourth-order valence-electron chi connectivity index (χ4n) is 2.31. The number of carbonyl (C=O) groups is 1. The Morgan fingerprint density at radius 3 is 2.71 bits per heavy atom. The molecule has 1 saturated carbocycles. The number of amidine groups is 1. The van der Waals surface area contributed by atoms with E-state index in [1.54, 1.807) is 0 Å². The second kappa shape index (κ2) is 3.26. The van der Waals surface area contributed by atoms with Crippen molar-refractivity contribution in [3.8, 4) is 0 Å². The Bertz CT molecular complexity index is 284. The number of ether oxygens (including phenoxy) is 1. The van der Waals surface area contributed by atoms with Gasteiger partial charge in [0.25, 0.3) is 11.9 Å². The highest BCUT2D eigenvalue weighted by molar-refractivity contribution is 6.01. The van der Waals surface area contributed by atoms with Crippen molar-refractivity contribution < 1.29 is 9.53 Å². The molecule has 2 rings (SSSR count). The molecule has 4 nitrogen and oxygen atoms in total. The Hall–Kier alpha value is -1.06. The molecule has 0 aromatic heterocycles. The third-order valence-corrected chi connectivity index (χ3v) is 3.25. The number of carbonyl (C=O) groups excluding carboxylic acids is 1. The Labute approximate surface area is 83.5 Å². The largest absolute Gasteiger partial charge is 0.448 e. The van der Waals surface area contributed by atoms with Crippen LogP contribution in [0.4, 0.5) is 0 Å². The van der Waals surface area contributed by atoms with Gasteiger partial charge in [-0.05, 0) is 19.3 Å². The monoisotopic (exact) mass is 196 g/mol. The Morgan fingerprint density at radius 2 is 2.36 bits per heavy atom. The van der Waals surface area contributed by atoms with E-state index in [0.717, 1.165) is 25.7 Å². The van der Waals surface area contributed by atoms with Crippen LogP contribution in [0.3, 0.4) is 0 Å². The summed E-state index contributed by atoms with van der Waals surface area (Å²) in [7, 11) is 0. The average molecular weight is 196 g/mol. The summed E-state index contributed by atoms with van der Waals surface area (Å²) in [4.78, 5) is 15.4. The van der Waals surface area contributed by atoms with Gasteiger partial charge >= 0.3 is 0 Å². The van der Waals surface area contributed by atoms with Crippen molar-refractivity contribution in [2.24, 2.45) is 16.6 Å².